The largest absolute Gasteiger partial charge is 0.496 e. The van der Waals surface area contributed by atoms with Crippen LogP contribution < -0.4 is 9.47 Å². The van der Waals surface area contributed by atoms with Crippen molar-refractivity contribution in [2.75, 3.05) is 26.8 Å². The number of amides is 2. The summed E-state index contributed by atoms with van der Waals surface area (Å²) in [5, 5.41) is 2.09. The summed E-state index contributed by atoms with van der Waals surface area (Å²) >= 11 is 1.73. The predicted octanol–water partition coefficient (Wildman–Crippen LogP) is 5.69. The monoisotopic (exact) mass is 518 g/mol. The molecule has 0 radical (unpaired) electrons. The number of fused-ring (bicyclic) bond motifs is 1. The maximum absolute atomic E-state index is 13.8. The average Bonchev–Trinajstić information content (AvgIpc) is 3.65. The quantitative estimate of drug-likeness (QED) is 0.365. The Bertz CT molecular complexity index is 1250. The van der Waals surface area contributed by atoms with Crippen molar-refractivity contribution in [3.8, 4) is 11.5 Å². The highest BCUT2D eigenvalue weighted by atomic mass is 32.1. The Hall–Kier alpha value is -3.32. The summed E-state index contributed by atoms with van der Waals surface area (Å²) in [4.78, 5) is 32.2. The molecule has 0 N–H and O–H groups in total. The number of benzene rings is 2. The van der Waals surface area contributed by atoms with Crippen LogP contribution >= 0.6 is 11.3 Å². The number of rotatable bonds is 9. The molecule has 1 atom stereocenters. The van der Waals surface area contributed by atoms with E-state index in [4.69, 9.17) is 9.47 Å². The lowest BCUT2D eigenvalue weighted by Gasteiger charge is -2.37. The summed E-state index contributed by atoms with van der Waals surface area (Å²) in [6.07, 6.45) is 2.66. The van der Waals surface area contributed by atoms with E-state index in [1.54, 1.807) is 35.5 Å². The van der Waals surface area contributed by atoms with Crippen LogP contribution in [0.2, 0.25) is 0 Å². The second-order valence-corrected chi connectivity index (χ2v) is 11.1. The van der Waals surface area contributed by atoms with Gasteiger partial charge in [0, 0.05) is 17.5 Å². The Balaban J connectivity index is 1.33. The molecule has 5 rings (SSSR count). The fraction of sp³-hybridized carbons (Fsp3) is 0.400. The van der Waals surface area contributed by atoms with Gasteiger partial charge in [-0.2, -0.15) is 0 Å². The molecular weight excluding hydrogens is 484 g/mol. The Labute approximate surface area is 222 Å². The van der Waals surface area contributed by atoms with Gasteiger partial charge >= 0.3 is 0 Å². The van der Waals surface area contributed by atoms with Crippen molar-refractivity contribution in [1.29, 1.82) is 0 Å². The van der Waals surface area contributed by atoms with Crippen LogP contribution in [0, 0.1) is 0 Å². The highest BCUT2D eigenvalue weighted by Crippen LogP contribution is 2.35. The third-order valence-corrected chi connectivity index (χ3v) is 8.26. The molecule has 0 saturated heterocycles. The topological polar surface area (TPSA) is 59.1 Å². The third kappa shape index (κ3) is 5.52. The zero-order valence-electron chi connectivity index (χ0n) is 21.7. The van der Waals surface area contributed by atoms with Gasteiger partial charge in [-0.25, -0.2) is 0 Å². The molecule has 2 heterocycles. The maximum atomic E-state index is 13.8. The minimum absolute atomic E-state index is 0.0456. The van der Waals surface area contributed by atoms with E-state index in [-0.39, 0.29) is 30.4 Å². The van der Waals surface area contributed by atoms with Gasteiger partial charge < -0.3 is 19.3 Å². The Kier molecular flexibility index (Phi) is 7.51. The molecule has 1 unspecified atom stereocenters. The van der Waals surface area contributed by atoms with Gasteiger partial charge in [0.2, 0.25) is 5.91 Å². The number of carbonyl (C=O) groups is 2. The first-order valence-electron chi connectivity index (χ1n) is 13.0. The summed E-state index contributed by atoms with van der Waals surface area (Å²) in [5.41, 5.74) is 2.91. The van der Waals surface area contributed by atoms with Crippen LogP contribution in [0.1, 0.15) is 65.0 Å². The molecule has 2 aromatic carbocycles. The van der Waals surface area contributed by atoms with E-state index < -0.39 is 0 Å². The van der Waals surface area contributed by atoms with Gasteiger partial charge in [-0.05, 0) is 72.0 Å². The summed E-state index contributed by atoms with van der Waals surface area (Å²) in [6.45, 7) is 5.39. The van der Waals surface area contributed by atoms with E-state index in [1.807, 2.05) is 29.2 Å². The molecule has 2 amide bonds. The van der Waals surface area contributed by atoms with Crippen LogP contribution in [-0.4, -0.2) is 54.5 Å². The second kappa shape index (κ2) is 11.0. The second-order valence-electron chi connectivity index (χ2n) is 10.1. The highest BCUT2D eigenvalue weighted by molar-refractivity contribution is 7.10. The molecule has 0 bridgehead atoms. The van der Waals surface area contributed by atoms with Gasteiger partial charge in [0.1, 0.15) is 24.7 Å². The Morgan fingerprint density at radius 1 is 1.08 bits per heavy atom. The van der Waals surface area contributed by atoms with Crippen molar-refractivity contribution in [2.45, 2.75) is 51.1 Å². The molecule has 37 heavy (non-hydrogen) atoms. The van der Waals surface area contributed by atoms with E-state index in [2.05, 4.69) is 37.4 Å². The first-order valence-corrected chi connectivity index (χ1v) is 13.9. The molecule has 6 nitrogen and oxygen atoms in total. The molecule has 3 aromatic rings. The SMILES string of the molecule is COc1ccccc1C(=O)N(CC(=O)N1CCc2sccc2C1COc1ccc(C(C)C)cc1)C1CC1. The van der Waals surface area contributed by atoms with Crippen molar-refractivity contribution in [3.63, 3.8) is 0 Å². The van der Waals surface area contributed by atoms with Crippen LogP contribution in [-0.2, 0) is 11.2 Å². The van der Waals surface area contributed by atoms with Gasteiger partial charge in [0.25, 0.3) is 5.91 Å². The van der Waals surface area contributed by atoms with E-state index >= 15 is 0 Å². The fourth-order valence-corrected chi connectivity index (χ4v) is 5.89. The van der Waals surface area contributed by atoms with Crippen LogP contribution in [0.15, 0.2) is 60.0 Å². The normalized spacial score (nSPS) is 16.9. The summed E-state index contributed by atoms with van der Waals surface area (Å²) in [6, 6.07) is 17.4. The first-order chi connectivity index (χ1) is 18.0. The summed E-state index contributed by atoms with van der Waals surface area (Å²) in [7, 11) is 1.56. The minimum Gasteiger partial charge on any atom is -0.496 e. The molecular formula is C30H34N2O4S. The number of thiophene rings is 1. The smallest absolute Gasteiger partial charge is 0.258 e. The van der Waals surface area contributed by atoms with E-state index in [9.17, 15) is 9.59 Å². The molecule has 0 spiro atoms. The van der Waals surface area contributed by atoms with Gasteiger partial charge in [-0.1, -0.05) is 38.1 Å². The van der Waals surface area contributed by atoms with Crippen molar-refractivity contribution in [2.24, 2.45) is 0 Å². The summed E-state index contributed by atoms with van der Waals surface area (Å²) < 4.78 is 11.6. The van der Waals surface area contributed by atoms with Gasteiger partial charge in [-0.15, -0.1) is 11.3 Å². The zero-order chi connectivity index (χ0) is 25.9. The molecule has 7 heteroatoms. The van der Waals surface area contributed by atoms with E-state index in [0.717, 1.165) is 30.6 Å². The number of hydrogen-bond acceptors (Lipinski definition) is 5. The highest BCUT2D eigenvalue weighted by Gasteiger charge is 2.38. The van der Waals surface area contributed by atoms with E-state index in [0.29, 0.717) is 30.4 Å². The van der Waals surface area contributed by atoms with Gasteiger partial charge in [0.15, 0.2) is 0 Å². The molecule has 194 valence electrons. The lowest BCUT2D eigenvalue weighted by Crippen LogP contribution is -2.48. The molecule has 1 saturated carbocycles. The van der Waals surface area contributed by atoms with Crippen molar-refractivity contribution < 1.29 is 19.1 Å². The molecule has 2 aliphatic rings. The van der Waals surface area contributed by atoms with Crippen LogP contribution in [0.5, 0.6) is 11.5 Å². The molecule has 1 aromatic heterocycles. The standard InChI is InChI=1S/C30H34N2O4S/c1-20(2)21-8-12-23(13-9-21)36-19-26-24-15-17-37-28(24)14-16-31(26)29(33)18-32(22-10-11-22)30(34)25-6-4-5-7-27(25)35-3/h4-9,12-13,15,17,20,22,26H,10-11,14,16,18-19H2,1-3H3. The number of carbonyl (C=O) groups excluding carboxylic acids is 2. The first kappa shape index (κ1) is 25.3. The molecule has 1 fully saturated rings. The number of methoxy groups -OCH3 is 1. The van der Waals surface area contributed by atoms with Crippen LogP contribution in [0.3, 0.4) is 0 Å². The van der Waals surface area contributed by atoms with Crippen molar-refractivity contribution in [3.05, 3.63) is 81.5 Å². The Morgan fingerprint density at radius 2 is 1.84 bits per heavy atom. The average molecular weight is 519 g/mol. The zero-order valence-corrected chi connectivity index (χ0v) is 22.5. The minimum atomic E-state index is -0.185. The Morgan fingerprint density at radius 3 is 2.54 bits per heavy atom. The molecule has 1 aliphatic carbocycles. The summed E-state index contributed by atoms with van der Waals surface area (Å²) in [5.74, 6) is 1.59. The maximum Gasteiger partial charge on any atom is 0.258 e. The number of para-hydroxylation sites is 1. The predicted molar refractivity (Wildman–Crippen MR) is 146 cm³/mol. The van der Waals surface area contributed by atoms with E-state index in [1.165, 1.54) is 10.4 Å². The van der Waals surface area contributed by atoms with Crippen molar-refractivity contribution >= 4 is 23.2 Å². The lowest BCUT2D eigenvalue weighted by molar-refractivity contribution is -0.135. The van der Waals surface area contributed by atoms with Crippen LogP contribution in [0.25, 0.3) is 0 Å². The van der Waals surface area contributed by atoms with Gasteiger partial charge in [0.05, 0.1) is 18.7 Å². The van der Waals surface area contributed by atoms with Crippen LogP contribution in [0.4, 0.5) is 0 Å². The third-order valence-electron chi connectivity index (χ3n) is 7.26. The number of nitrogens with zero attached hydrogens (tertiary/aromatic N) is 2. The fourth-order valence-electron chi connectivity index (χ4n) is 4.96. The van der Waals surface area contributed by atoms with Crippen molar-refractivity contribution in [1.82, 2.24) is 9.80 Å². The number of ether oxygens (including phenoxy) is 2. The lowest BCUT2D eigenvalue weighted by atomic mass is 10.00. The van der Waals surface area contributed by atoms with Gasteiger partial charge in [-0.3, -0.25) is 9.59 Å². The number of hydrogen-bond donors (Lipinski definition) is 0. The molecule has 1 aliphatic heterocycles.